The number of hydrogen-bond acceptors (Lipinski definition) is 7. The van der Waals surface area contributed by atoms with E-state index in [2.05, 4.69) is 25.7 Å². The molecule has 4 N–H and O–H groups in total. The van der Waals surface area contributed by atoms with Crippen LogP contribution in [0.1, 0.15) is 6.42 Å². The highest BCUT2D eigenvalue weighted by Crippen LogP contribution is 2.31. The second-order valence-electron chi connectivity index (χ2n) is 5.81. The van der Waals surface area contributed by atoms with Crippen LogP contribution in [0.4, 0.5) is 18.3 Å². The maximum Gasteiger partial charge on any atom is 0.573 e. The van der Waals surface area contributed by atoms with Crippen LogP contribution in [-0.2, 0) is 9.59 Å². The minimum Gasteiger partial charge on any atom is -0.406 e. The second kappa shape index (κ2) is 7.66. The number of nitrogens with one attached hydrogen (secondary N) is 3. The van der Waals surface area contributed by atoms with E-state index in [4.69, 9.17) is 0 Å². The Hall–Kier alpha value is -2.44. The molecule has 2 amide bonds. The third kappa shape index (κ3) is 5.28. The molecule has 1 saturated heterocycles. The fraction of sp³-hybridized carbons (Fsp3) is 0.400. The number of carbonyl (C=O) groups is 2. The summed E-state index contributed by atoms with van der Waals surface area (Å²) in [5, 5.41) is 17.3. The molecule has 1 aromatic heterocycles. The van der Waals surface area contributed by atoms with Gasteiger partial charge in [-0.1, -0.05) is 11.3 Å². The Balaban J connectivity index is 1.56. The summed E-state index contributed by atoms with van der Waals surface area (Å²) in [5.74, 6) is -1.32. The summed E-state index contributed by atoms with van der Waals surface area (Å²) in [7, 11) is 0. The highest BCUT2D eigenvalue weighted by molar-refractivity contribution is 7.22. The number of fused-ring (bicyclic) bond motifs is 1. The molecule has 3 rings (SSSR count). The van der Waals surface area contributed by atoms with Gasteiger partial charge in [0.15, 0.2) is 5.13 Å². The van der Waals surface area contributed by atoms with Crippen molar-refractivity contribution in [1.29, 1.82) is 0 Å². The van der Waals surface area contributed by atoms with Crippen LogP contribution in [0.5, 0.6) is 5.75 Å². The number of β-amino-alcohol motifs (C(OH)–C–C–N with tert-alkyl or cyclic N) is 1. The molecule has 0 spiro atoms. The van der Waals surface area contributed by atoms with Crippen LogP contribution in [0.2, 0.25) is 0 Å². The van der Waals surface area contributed by atoms with E-state index in [-0.39, 0.29) is 23.8 Å². The second-order valence-corrected chi connectivity index (χ2v) is 6.84. The summed E-state index contributed by atoms with van der Waals surface area (Å²) in [5.41, 5.74) is 0.401. The fourth-order valence-corrected chi connectivity index (χ4v) is 3.44. The predicted molar refractivity (Wildman–Crippen MR) is 90.4 cm³/mol. The highest BCUT2D eigenvalue weighted by Gasteiger charge is 2.31. The smallest absolute Gasteiger partial charge is 0.406 e. The number of rotatable bonds is 5. The molecular formula is C15H15F3N4O4S. The van der Waals surface area contributed by atoms with E-state index in [9.17, 15) is 27.9 Å². The van der Waals surface area contributed by atoms with Gasteiger partial charge < -0.3 is 25.8 Å². The van der Waals surface area contributed by atoms with Gasteiger partial charge in [0, 0.05) is 12.6 Å². The molecule has 1 unspecified atom stereocenters. The summed E-state index contributed by atoms with van der Waals surface area (Å²) < 4.78 is 41.0. The average molecular weight is 404 g/mol. The molecule has 12 heteroatoms. The van der Waals surface area contributed by atoms with E-state index in [0.717, 1.165) is 17.4 Å². The van der Waals surface area contributed by atoms with Gasteiger partial charge in [0.2, 0.25) is 11.8 Å². The first-order valence-electron chi connectivity index (χ1n) is 7.85. The monoisotopic (exact) mass is 404 g/mol. The van der Waals surface area contributed by atoms with Crippen molar-refractivity contribution in [3.8, 4) is 5.75 Å². The Morgan fingerprint density at radius 1 is 1.41 bits per heavy atom. The third-order valence-electron chi connectivity index (χ3n) is 3.69. The summed E-state index contributed by atoms with van der Waals surface area (Å²) in [4.78, 5) is 27.9. The number of thiazole rings is 1. The third-order valence-corrected chi connectivity index (χ3v) is 4.62. The molecule has 1 aromatic carbocycles. The fourth-order valence-electron chi connectivity index (χ4n) is 2.53. The van der Waals surface area contributed by atoms with E-state index < -0.39 is 30.3 Å². The number of aromatic nitrogens is 1. The van der Waals surface area contributed by atoms with Crippen molar-refractivity contribution in [3.63, 3.8) is 0 Å². The molecule has 2 heterocycles. The number of hydrogen-bond donors (Lipinski definition) is 4. The van der Waals surface area contributed by atoms with Gasteiger partial charge in [0.25, 0.3) is 0 Å². The largest absolute Gasteiger partial charge is 0.573 e. The number of carbonyl (C=O) groups excluding carboxylic acids is 2. The zero-order valence-corrected chi connectivity index (χ0v) is 14.5. The number of halogens is 3. The van der Waals surface area contributed by atoms with Crippen LogP contribution < -0.4 is 20.7 Å². The highest BCUT2D eigenvalue weighted by atomic mass is 32.1. The topological polar surface area (TPSA) is 113 Å². The van der Waals surface area contributed by atoms with E-state index in [1.165, 1.54) is 12.1 Å². The van der Waals surface area contributed by atoms with E-state index in [1.807, 2.05) is 0 Å². The van der Waals surface area contributed by atoms with E-state index in [0.29, 0.717) is 16.8 Å². The Kier molecular flexibility index (Phi) is 5.48. The molecule has 0 bridgehead atoms. The lowest BCUT2D eigenvalue weighted by atomic mass is 10.2. The standard InChI is InChI=1S/C15H15F3N4O4S/c16-15(17,18)26-8-1-2-9-11(4-8)27-14(21-9)22-12(24)6-20-13(25)10-3-7(23)5-19-10/h1-2,4,7,10,19,23H,3,5-6H2,(H,20,25)(H,21,22,24)/t7?,10-/m0/s1. The van der Waals surface area contributed by atoms with Crippen LogP contribution in [0.25, 0.3) is 10.2 Å². The molecule has 27 heavy (non-hydrogen) atoms. The van der Waals surface area contributed by atoms with E-state index in [1.54, 1.807) is 0 Å². The van der Waals surface area contributed by atoms with Gasteiger partial charge in [-0.3, -0.25) is 9.59 Å². The van der Waals surface area contributed by atoms with Gasteiger partial charge in [0.1, 0.15) is 5.75 Å². The first-order chi connectivity index (χ1) is 12.7. The van der Waals surface area contributed by atoms with Crippen LogP contribution in [0, 0.1) is 0 Å². The lowest BCUT2D eigenvalue weighted by Gasteiger charge is -2.10. The van der Waals surface area contributed by atoms with Gasteiger partial charge in [-0.25, -0.2) is 4.98 Å². The van der Waals surface area contributed by atoms with Crippen molar-refractivity contribution in [2.24, 2.45) is 0 Å². The number of ether oxygens (including phenoxy) is 1. The first-order valence-corrected chi connectivity index (χ1v) is 8.66. The molecule has 1 aliphatic rings. The van der Waals surface area contributed by atoms with Crippen LogP contribution in [-0.4, -0.2) is 53.5 Å². The van der Waals surface area contributed by atoms with Gasteiger partial charge >= 0.3 is 6.36 Å². The summed E-state index contributed by atoms with van der Waals surface area (Å²) >= 11 is 0.977. The SMILES string of the molecule is O=C(CNC(=O)[C@@H]1CC(O)CN1)Nc1nc2ccc(OC(F)(F)F)cc2s1. The van der Waals surface area contributed by atoms with Crippen molar-refractivity contribution < 1.29 is 32.6 Å². The molecule has 2 atom stereocenters. The van der Waals surface area contributed by atoms with Gasteiger partial charge in [-0.15, -0.1) is 13.2 Å². The summed E-state index contributed by atoms with van der Waals surface area (Å²) in [6, 6.07) is 3.10. The lowest BCUT2D eigenvalue weighted by molar-refractivity contribution is -0.274. The minimum atomic E-state index is -4.79. The van der Waals surface area contributed by atoms with Crippen LogP contribution in [0.3, 0.4) is 0 Å². The molecule has 0 aliphatic carbocycles. The Morgan fingerprint density at radius 3 is 2.85 bits per heavy atom. The number of anilines is 1. The predicted octanol–water partition coefficient (Wildman–Crippen LogP) is 0.972. The summed E-state index contributed by atoms with van der Waals surface area (Å²) in [6.45, 7) is 0.0154. The van der Waals surface area contributed by atoms with Gasteiger partial charge in [-0.05, 0) is 18.6 Å². The number of amides is 2. The lowest BCUT2D eigenvalue weighted by Crippen LogP contribution is -2.43. The first kappa shape index (κ1) is 19.3. The molecule has 146 valence electrons. The quantitative estimate of drug-likeness (QED) is 0.591. The van der Waals surface area contributed by atoms with Crippen molar-refractivity contribution in [3.05, 3.63) is 18.2 Å². The minimum absolute atomic E-state index is 0.183. The number of aliphatic hydroxyl groups is 1. The van der Waals surface area contributed by atoms with Crippen molar-refractivity contribution >= 4 is 38.5 Å². The number of alkyl halides is 3. The molecule has 2 aromatic rings. The van der Waals surface area contributed by atoms with Gasteiger partial charge in [-0.2, -0.15) is 0 Å². The molecule has 1 fully saturated rings. The summed E-state index contributed by atoms with van der Waals surface area (Å²) in [6.07, 6.45) is -5.12. The molecule has 1 aliphatic heterocycles. The van der Waals surface area contributed by atoms with Gasteiger partial charge in [0.05, 0.1) is 28.9 Å². The zero-order valence-electron chi connectivity index (χ0n) is 13.7. The maximum absolute atomic E-state index is 12.3. The molecule has 0 saturated carbocycles. The zero-order chi connectivity index (χ0) is 19.6. The number of nitrogens with zero attached hydrogens (tertiary/aromatic N) is 1. The van der Waals surface area contributed by atoms with Crippen LogP contribution >= 0.6 is 11.3 Å². The maximum atomic E-state index is 12.3. The number of benzene rings is 1. The molecule has 0 radical (unpaired) electrons. The number of aliphatic hydroxyl groups excluding tert-OH is 1. The average Bonchev–Trinajstić information content (AvgIpc) is 3.16. The van der Waals surface area contributed by atoms with Crippen molar-refractivity contribution in [1.82, 2.24) is 15.6 Å². The van der Waals surface area contributed by atoms with Crippen molar-refractivity contribution in [2.45, 2.75) is 24.9 Å². The molecular weight excluding hydrogens is 389 g/mol. The molecule has 8 nitrogen and oxygen atoms in total. The Morgan fingerprint density at radius 2 is 2.19 bits per heavy atom. The van der Waals surface area contributed by atoms with Crippen LogP contribution in [0.15, 0.2) is 18.2 Å². The van der Waals surface area contributed by atoms with Crippen molar-refractivity contribution in [2.75, 3.05) is 18.4 Å². The Bertz CT molecular complexity index is 857. The van der Waals surface area contributed by atoms with E-state index >= 15 is 0 Å². The normalized spacial score (nSPS) is 19.9. The Labute approximate surface area is 154 Å².